The van der Waals surface area contributed by atoms with Gasteiger partial charge in [0.15, 0.2) is 0 Å². The quantitative estimate of drug-likeness (QED) is 0.833. The molecule has 112 valence electrons. The second-order valence-corrected chi connectivity index (χ2v) is 8.47. The first kappa shape index (κ1) is 17.1. The zero-order valence-electron chi connectivity index (χ0n) is 12.3. The predicted molar refractivity (Wildman–Crippen MR) is 81.2 cm³/mol. The first-order valence-electron chi connectivity index (χ1n) is 6.41. The highest BCUT2D eigenvalue weighted by Crippen LogP contribution is 2.21. The molecule has 1 rings (SSSR count). The summed E-state index contributed by atoms with van der Waals surface area (Å²) in [6.45, 7) is 4.78. The molecule has 0 radical (unpaired) electrons. The van der Waals surface area contributed by atoms with Crippen LogP contribution in [-0.2, 0) is 10.0 Å². The maximum Gasteiger partial charge on any atom is 0.250 e. The third kappa shape index (κ3) is 5.21. The van der Waals surface area contributed by atoms with Crippen molar-refractivity contribution in [1.29, 1.82) is 5.26 Å². The molecular formula is C13H21N3O2S2. The highest BCUT2D eigenvalue weighted by Gasteiger charge is 2.23. The zero-order chi connectivity index (χ0) is 15.3. The number of nitrogens with zero attached hydrogens (tertiary/aromatic N) is 2. The van der Waals surface area contributed by atoms with E-state index >= 15 is 0 Å². The summed E-state index contributed by atoms with van der Waals surface area (Å²) in [5.74, 6) is 0.403. The Morgan fingerprint density at radius 1 is 1.40 bits per heavy atom. The van der Waals surface area contributed by atoms with Crippen molar-refractivity contribution in [1.82, 2.24) is 9.62 Å². The Morgan fingerprint density at radius 3 is 2.50 bits per heavy atom. The molecule has 1 aromatic rings. The third-order valence-corrected chi connectivity index (χ3v) is 5.62. The van der Waals surface area contributed by atoms with Gasteiger partial charge in [-0.25, -0.2) is 13.1 Å². The van der Waals surface area contributed by atoms with Gasteiger partial charge >= 0.3 is 0 Å². The van der Waals surface area contributed by atoms with E-state index in [1.165, 1.54) is 12.1 Å². The zero-order valence-corrected chi connectivity index (χ0v) is 13.9. The second-order valence-electron chi connectivity index (χ2n) is 5.44. The van der Waals surface area contributed by atoms with Gasteiger partial charge in [-0.05, 0) is 38.6 Å². The molecule has 0 aromatic carbocycles. The molecule has 0 bridgehead atoms. The van der Waals surface area contributed by atoms with Crippen molar-refractivity contribution in [2.75, 3.05) is 20.6 Å². The van der Waals surface area contributed by atoms with Crippen molar-refractivity contribution in [3.63, 3.8) is 0 Å². The minimum Gasteiger partial charge on any atom is -0.308 e. The maximum atomic E-state index is 12.3. The summed E-state index contributed by atoms with van der Waals surface area (Å²) < 4.78 is 27.5. The topological polar surface area (TPSA) is 73.2 Å². The van der Waals surface area contributed by atoms with E-state index in [1.807, 2.05) is 25.1 Å². The number of rotatable bonds is 7. The SMILES string of the molecule is CC(C)CC(CN(C)C)NS(=O)(=O)c1ccc(C#N)s1. The van der Waals surface area contributed by atoms with Crippen LogP contribution in [0.3, 0.4) is 0 Å². The van der Waals surface area contributed by atoms with Crippen molar-refractivity contribution >= 4 is 21.4 Å². The first-order valence-corrected chi connectivity index (χ1v) is 8.71. The summed E-state index contributed by atoms with van der Waals surface area (Å²) in [6, 6.07) is 4.83. The summed E-state index contributed by atoms with van der Waals surface area (Å²) in [5, 5.41) is 8.77. The molecule has 5 nitrogen and oxygen atoms in total. The van der Waals surface area contributed by atoms with Crippen molar-refractivity contribution in [3.8, 4) is 6.07 Å². The van der Waals surface area contributed by atoms with E-state index in [4.69, 9.17) is 5.26 Å². The van der Waals surface area contributed by atoms with Crippen LogP contribution in [0.25, 0.3) is 0 Å². The first-order chi connectivity index (χ1) is 9.24. The highest BCUT2D eigenvalue weighted by molar-refractivity contribution is 7.91. The molecule has 0 saturated carbocycles. The molecule has 0 aliphatic carbocycles. The van der Waals surface area contributed by atoms with E-state index in [0.717, 1.165) is 17.8 Å². The fraction of sp³-hybridized carbons (Fsp3) is 0.615. The summed E-state index contributed by atoms with van der Waals surface area (Å²) in [7, 11) is 0.285. The van der Waals surface area contributed by atoms with E-state index in [0.29, 0.717) is 17.3 Å². The minimum absolute atomic E-state index is 0.136. The molecule has 0 aliphatic rings. The van der Waals surface area contributed by atoms with Crippen LogP contribution in [0.1, 0.15) is 25.1 Å². The Morgan fingerprint density at radius 2 is 2.05 bits per heavy atom. The van der Waals surface area contributed by atoms with Crippen LogP contribution >= 0.6 is 11.3 Å². The molecular weight excluding hydrogens is 294 g/mol. The number of sulfonamides is 1. The maximum absolute atomic E-state index is 12.3. The highest BCUT2D eigenvalue weighted by atomic mass is 32.2. The van der Waals surface area contributed by atoms with Crippen LogP contribution in [0.15, 0.2) is 16.3 Å². The second kappa shape index (κ2) is 7.18. The number of nitriles is 1. The number of hydrogen-bond donors (Lipinski definition) is 1. The standard InChI is InChI=1S/C13H21N3O2S2/c1-10(2)7-11(9-16(3)4)15-20(17,18)13-6-5-12(8-14)19-13/h5-6,10-11,15H,7,9H2,1-4H3. The van der Waals surface area contributed by atoms with Gasteiger partial charge in [-0.2, -0.15) is 5.26 Å². The van der Waals surface area contributed by atoms with Gasteiger partial charge in [0.1, 0.15) is 15.2 Å². The lowest BCUT2D eigenvalue weighted by Crippen LogP contribution is -2.42. The lowest BCUT2D eigenvalue weighted by Gasteiger charge is -2.23. The summed E-state index contributed by atoms with van der Waals surface area (Å²) >= 11 is 0.994. The Kier molecular flexibility index (Phi) is 6.14. The molecule has 0 fully saturated rings. The van der Waals surface area contributed by atoms with Gasteiger partial charge < -0.3 is 4.90 Å². The number of likely N-dealkylation sites (N-methyl/N-ethyl adjacent to an activating group) is 1. The fourth-order valence-corrected chi connectivity index (χ4v) is 4.33. The van der Waals surface area contributed by atoms with Gasteiger partial charge in [0.05, 0.1) is 0 Å². The van der Waals surface area contributed by atoms with Gasteiger partial charge in [-0.3, -0.25) is 0 Å². The molecule has 1 heterocycles. The molecule has 1 N–H and O–H groups in total. The van der Waals surface area contributed by atoms with Gasteiger partial charge in [0.2, 0.25) is 10.0 Å². The Balaban J connectivity index is 2.87. The Labute approximate surface area is 125 Å². The van der Waals surface area contributed by atoms with Crippen molar-refractivity contribution < 1.29 is 8.42 Å². The summed E-state index contributed by atoms with van der Waals surface area (Å²) in [6.07, 6.45) is 0.772. The molecule has 1 atom stereocenters. The van der Waals surface area contributed by atoms with E-state index in [9.17, 15) is 8.42 Å². The Hall–Kier alpha value is -0.940. The smallest absolute Gasteiger partial charge is 0.250 e. The van der Waals surface area contributed by atoms with Crippen LogP contribution < -0.4 is 4.72 Å². The molecule has 0 aliphatic heterocycles. The van der Waals surface area contributed by atoms with E-state index in [-0.39, 0.29) is 10.3 Å². The third-order valence-electron chi connectivity index (χ3n) is 2.62. The fourth-order valence-electron chi connectivity index (χ4n) is 1.97. The monoisotopic (exact) mass is 315 g/mol. The summed E-state index contributed by atoms with van der Waals surface area (Å²) in [4.78, 5) is 2.36. The van der Waals surface area contributed by atoms with E-state index in [2.05, 4.69) is 18.6 Å². The van der Waals surface area contributed by atoms with Crippen LogP contribution in [0, 0.1) is 17.2 Å². The lowest BCUT2D eigenvalue weighted by molar-refractivity contribution is 0.329. The molecule has 20 heavy (non-hydrogen) atoms. The number of hydrogen-bond acceptors (Lipinski definition) is 5. The van der Waals surface area contributed by atoms with E-state index in [1.54, 1.807) is 0 Å². The average Bonchev–Trinajstić information content (AvgIpc) is 2.75. The average molecular weight is 315 g/mol. The van der Waals surface area contributed by atoms with Gasteiger partial charge in [-0.15, -0.1) is 11.3 Å². The minimum atomic E-state index is -3.55. The molecule has 0 saturated heterocycles. The molecule has 1 aromatic heterocycles. The van der Waals surface area contributed by atoms with E-state index < -0.39 is 10.0 Å². The van der Waals surface area contributed by atoms with Gasteiger partial charge in [-0.1, -0.05) is 13.8 Å². The Bertz CT molecular complexity index is 561. The van der Waals surface area contributed by atoms with Gasteiger partial charge in [0, 0.05) is 12.6 Å². The molecule has 0 spiro atoms. The lowest BCUT2D eigenvalue weighted by atomic mass is 10.0. The number of nitrogens with one attached hydrogen (secondary N) is 1. The molecule has 7 heteroatoms. The largest absolute Gasteiger partial charge is 0.308 e. The van der Waals surface area contributed by atoms with Crippen LogP contribution in [0.4, 0.5) is 0 Å². The van der Waals surface area contributed by atoms with Gasteiger partial charge in [0.25, 0.3) is 0 Å². The van der Waals surface area contributed by atoms with Crippen molar-refractivity contribution in [2.45, 2.75) is 30.5 Å². The van der Waals surface area contributed by atoms with Crippen molar-refractivity contribution in [3.05, 3.63) is 17.0 Å². The van der Waals surface area contributed by atoms with Crippen molar-refractivity contribution in [2.24, 2.45) is 5.92 Å². The van der Waals surface area contributed by atoms with Crippen LogP contribution in [-0.4, -0.2) is 40.0 Å². The molecule has 1 unspecified atom stereocenters. The van der Waals surface area contributed by atoms with Crippen LogP contribution in [0.2, 0.25) is 0 Å². The number of thiophene rings is 1. The molecule has 0 amide bonds. The normalized spacial score (nSPS) is 13.7. The van der Waals surface area contributed by atoms with Crippen LogP contribution in [0.5, 0.6) is 0 Å². The summed E-state index contributed by atoms with van der Waals surface area (Å²) in [5.41, 5.74) is 0. The predicted octanol–water partition coefficient (Wildman–Crippen LogP) is 1.87.